The highest BCUT2D eigenvalue weighted by Gasteiger charge is 2.20. The minimum atomic E-state index is 0.783. The number of piperidine rings is 1. The van der Waals surface area contributed by atoms with E-state index >= 15 is 0 Å². The molecule has 1 atom stereocenters. The first kappa shape index (κ1) is 13.8. The fraction of sp³-hybridized carbons (Fsp3) is 0.533. The van der Waals surface area contributed by atoms with Gasteiger partial charge in [-0.05, 0) is 50.3 Å². The Bertz CT molecular complexity index is 518. The minimum Gasteiger partial charge on any atom is -0.319 e. The Balaban J connectivity index is 1.67. The quantitative estimate of drug-likeness (QED) is 0.889. The molecule has 1 aliphatic heterocycles. The molecule has 1 saturated heterocycles. The van der Waals surface area contributed by atoms with Crippen LogP contribution in [0.15, 0.2) is 23.0 Å². The summed E-state index contributed by atoms with van der Waals surface area (Å²) in [6, 6.07) is 2.15. The summed E-state index contributed by atoms with van der Waals surface area (Å²) in [5, 5.41) is 15.0. The molecule has 0 saturated carbocycles. The Kier molecular flexibility index (Phi) is 4.50. The summed E-state index contributed by atoms with van der Waals surface area (Å²) in [5.74, 6) is 0.783. The van der Waals surface area contributed by atoms with Gasteiger partial charge in [-0.3, -0.25) is 10.00 Å². The highest BCUT2D eigenvalue weighted by Crippen LogP contribution is 2.26. The second kappa shape index (κ2) is 6.52. The van der Waals surface area contributed by atoms with E-state index in [1.165, 1.54) is 42.8 Å². The first-order chi connectivity index (χ1) is 9.86. The van der Waals surface area contributed by atoms with E-state index in [1.807, 2.05) is 13.2 Å². The maximum atomic E-state index is 4.24. The SMILES string of the molecule is CNCC1CCCN(Cc2cn[nH]c2-c2ccsc2)C1. The van der Waals surface area contributed by atoms with Crippen LogP contribution >= 0.6 is 11.3 Å². The van der Waals surface area contributed by atoms with Crippen LogP contribution in [0, 0.1) is 5.92 Å². The molecule has 1 aliphatic rings. The van der Waals surface area contributed by atoms with Crippen molar-refractivity contribution in [3.8, 4) is 11.3 Å². The highest BCUT2D eigenvalue weighted by molar-refractivity contribution is 7.08. The van der Waals surface area contributed by atoms with Crippen LogP contribution in [-0.2, 0) is 6.54 Å². The number of H-pyrrole nitrogens is 1. The molecular formula is C15H22N4S. The Morgan fingerprint density at radius 3 is 3.30 bits per heavy atom. The van der Waals surface area contributed by atoms with Crippen molar-refractivity contribution >= 4 is 11.3 Å². The summed E-state index contributed by atoms with van der Waals surface area (Å²) >= 11 is 1.73. The van der Waals surface area contributed by atoms with Crippen LogP contribution in [0.2, 0.25) is 0 Å². The zero-order valence-corrected chi connectivity index (χ0v) is 12.7. The van der Waals surface area contributed by atoms with E-state index in [0.717, 1.165) is 19.0 Å². The van der Waals surface area contributed by atoms with Crippen molar-refractivity contribution in [3.63, 3.8) is 0 Å². The average molecular weight is 290 g/mol. The Morgan fingerprint density at radius 1 is 1.55 bits per heavy atom. The molecule has 5 heteroatoms. The third-order valence-corrected chi connectivity index (χ3v) is 4.70. The van der Waals surface area contributed by atoms with E-state index in [4.69, 9.17) is 0 Å². The Morgan fingerprint density at radius 2 is 2.50 bits per heavy atom. The van der Waals surface area contributed by atoms with Crippen molar-refractivity contribution in [2.45, 2.75) is 19.4 Å². The van der Waals surface area contributed by atoms with E-state index in [0.29, 0.717) is 0 Å². The largest absolute Gasteiger partial charge is 0.319 e. The molecule has 1 unspecified atom stereocenters. The maximum Gasteiger partial charge on any atom is 0.0703 e. The summed E-state index contributed by atoms with van der Waals surface area (Å²) in [6.45, 7) is 4.52. The smallest absolute Gasteiger partial charge is 0.0703 e. The molecule has 1 fully saturated rings. The van der Waals surface area contributed by atoms with Crippen LogP contribution in [0.3, 0.4) is 0 Å². The summed E-state index contributed by atoms with van der Waals surface area (Å²) in [6.07, 6.45) is 4.63. The lowest BCUT2D eigenvalue weighted by Gasteiger charge is -2.32. The van der Waals surface area contributed by atoms with E-state index < -0.39 is 0 Å². The van der Waals surface area contributed by atoms with Crippen molar-refractivity contribution in [1.82, 2.24) is 20.4 Å². The van der Waals surface area contributed by atoms with Crippen molar-refractivity contribution in [2.75, 3.05) is 26.7 Å². The van der Waals surface area contributed by atoms with Gasteiger partial charge >= 0.3 is 0 Å². The van der Waals surface area contributed by atoms with Crippen LogP contribution < -0.4 is 5.32 Å². The molecule has 0 amide bonds. The van der Waals surface area contributed by atoms with E-state index in [2.05, 4.69) is 37.2 Å². The van der Waals surface area contributed by atoms with Gasteiger partial charge in [0.2, 0.25) is 0 Å². The predicted molar refractivity (Wildman–Crippen MR) is 83.8 cm³/mol. The molecule has 4 nitrogen and oxygen atoms in total. The fourth-order valence-corrected chi connectivity index (χ4v) is 3.73. The van der Waals surface area contributed by atoms with Gasteiger partial charge in [0, 0.05) is 29.6 Å². The van der Waals surface area contributed by atoms with Gasteiger partial charge in [0.25, 0.3) is 0 Å². The molecule has 0 spiro atoms. The number of aromatic amines is 1. The van der Waals surface area contributed by atoms with E-state index in [1.54, 1.807) is 11.3 Å². The van der Waals surface area contributed by atoms with E-state index in [-0.39, 0.29) is 0 Å². The number of hydrogen-bond acceptors (Lipinski definition) is 4. The fourth-order valence-electron chi connectivity index (χ4n) is 3.08. The molecule has 0 radical (unpaired) electrons. The van der Waals surface area contributed by atoms with Crippen LogP contribution in [-0.4, -0.2) is 41.8 Å². The van der Waals surface area contributed by atoms with Gasteiger partial charge in [-0.25, -0.2) is 0 Å². The van der Waals surface area contributed by atoms with Crippen LogP contribution in [0.1, 0.15) is 18.4 Å². The number of thiophene rings is 1. The zero-order valence-electron chi connectivity index (χ0n) is 11.9. The van der Waals surface area contributed by atoms with Crippen molar-refractivity contribution < 1.29 is 0 Å². The molecule has 2 aromatic rings. The average Bonchev–Trinajstić information content (AvgIpc) is 3.10. The van der Waals surface area contributed by atoms with Crippen molar-refractivity contribution in [3.05, 3.63) is 28.6 Å². The lowest BCUT2D eigenvalue weighted by Crippen LogP contribution is -2.38. The number of nitrogens with one attached hydrogen (secondary N) is 2. The van der Waals surface area contributed by atoms with E-state index in [9.17, 15) is 0 Å². The second-order valence-corrected chi connectivity index (χ2v) is 6.36. The number of likely N-dealkylation sites (tertiary alicyclic amines) is 1. The first-order valence-corrected chi connectivity index (χ1v) is 8.23. The molecule has 20 heavy (non-hydrogen) atoms. The minimum absolute atomic E-state index is 0.783. The summed E-state index contributed by atoms with van der Waals surface area (Å²) in [5.41, 5.74) is 3.75. The number of hydrogen-bond donors (Lipinski definition) is 2. The molecule has 3 rings (SSSR count). The first-order valence-electron chi connectivity index (χ1n) is 7.28. The Labute approximate surface area is 124 Å². The van der Waals surface area contributed by atoms with Crippen LogP contribution in [0.4, 0.5) is 0 Å². The molecule has 0 bridgehead atoms. The van der Waals surface area contributed by atoms with Crippen LogP contribution in [0.5, 0.6) is 0 Å². The Hall–Kier alpha value is -1.17. The molecule has 0 aromatic carbocycles. The van der Waals surface area contributed by atoms with Gasteiger partial charge < -0.3 is 5.32 Å². The van der Waals surface area contributed by atoms with Gasteiger partial charge in [0.05, 0.1) is 11.9 Å². The third-order valence-electron chi connectivity index (χ3n) is 4.02. The normalized spacial score (nSPS) is 20.4. The lowest BCUT2D eigenvalue weighted by molar-refractivity contribution is 0.167. The summed E-state index contributed by atoms with van der Waals surface area (Å²) < 4.78 is 0. The molecular weight excluding hydrogens is 268 g/mol. The number of nitrogens with zero attached hydrogens (tertiary/aromatic N) is 2. The molecule has 3 heterocycles. The highest BCUT2D eigenvalue weighted by atomic mass is 32.1. The molecule has 2 aromatic heterocycles. The third kappa shape index (κ3) is 3.11. The van der Waals surface area contributed by atoms with Gasteiger partial charge in [0.1, 0.15) is 0 Å². The van der Waals surface area contributed by atoms with Crippen molar-refractivity contribution in [1.29, 1.82) is 0 Å². The molecule has 0 aliphatic carbocycles. The van der Waals surface area contributed by atoms with Gasteiger partial charge in [-0.15, -0.1) is 0 Å². The topological polar surface area (TPSA) is 44.0 Å². The molecule has 2 N–H and O–H groups in total. The molecule has 108 valence electrons. The second-order valence-electron chi connectivity index (χ2n) is 5.58. The standard InChI is InChI=1S/C15H22N4S/c1-16-7-12-3-2-5-19(9-12)10-14-8-17-18-15(14)13-4-6-20-11-13/h4,6,8,11-12,16H,2-3,5,7,9-10H2,1H3,(H,17,18). The van der Waals surface area contributed by atoms with Crippen LogP contribution in [0.25, 0.3) is 11.3 Å². The van der Waals surface area contributed by atoms with Gasteiger partial charge in [-0.2, -0.15) is 16.4 Å². The van der Waals surface area contributed by atoms with Gasteiger partial charge in [0.15, 0.2) is 0 Å². The number of aromatic nitrogens is 2. The predicted octanol–water partition coefficient (Wildman–Crippen LogP) is 2.57. The van der Waals surface area contributed by atoms with Gasteiger partial charge in [-0.1, -0.05) is 0 Å². The monoisotopic (exact) mass is 290 g/mol. The number of rotatable bonds is 5. The maximum absolute atomic E-state index is 4.24. The summed E-state index contributed by atoms with van der Waals surface area (Å²) in [4.78, 5) is 2.56. The lowest BCUT2D eigenvalue weighted by atomic mass is 9.97. The summed E-state index contributed by atoms with van der Waals surface area (Å²) in [7, 11) is 2.05. The zero-order chi connectivity index (χ0) is 13.8. The van der Waals surface area contributed by atoms with Crippen molar-refractivity contribution in [2.24, 2.45) is 5.92 Å².